The fraction of sp³-hybridized carbons (Fsp3) is 0.500. The largest absolute Gasteiger partial charge is 0.347 e. The van der Waals surface area contributed by atoms with Crippen LogP contribution in [0.1, 0.15) is 29.1 Å². The van der Waals surface area contributed by atoms with Gasteiger partial charge in [0.05, 0.1) is 23.8 Å². The van der Waals surface area contributed by atoms with Gasteiger partial charge in [0.25, 0.3) is 0 Å². The molecule has 2 aromatic rings. The molecule has 2 aromatic heterocycles. The van der Waals surface area contributed by atoms with Gasteiger partial charge in [0.2, 0.25) is 0 Å². The third-order valence-electron chi connectivity index (χ3n) is 3.17. The lowest BCUT2D eigenvalue weighted by Gasteiger charge is -2.22. The van der Waals surface area contributed by atoms with Crippen LogP contribution >= 0.6 is 0 Å². The maximum atomic E-state index is 4.32. The SMILES string of the molecule is Cc1nnc(C2Cc3nc[nH]c3CN2)n1C. The average Bonchev–Trinajstić information content (AvgIpc) is 2.86. The number of nitrogens with zero attached hydrogens (tertiary/aromatic N) is 4. The van der Waals surface area contributed by atoms with Gasteiger partial charge in [0.1, 0.15) is 11.6 Å². The zero-order valence-electron chi connectivity index (χ0n) is 9.36. The molecule has 6 nitrogen and oxygen atoms in total. The molecular formula is C10H14N6. The fourth-order valence-corrected chi connectivity index (χ4v) is 2.08. The van der Waals surface area contributed by atoms with Crippen molar-refractivity contribution in [3.05, 3.63) is 29.4 Å². The summed E-state index contributed by atoms with van der Waals surface area (Å²) in [6.45, 7) is 2.77. The summed E-state index contributed by atoms with van der Waals surface area (Å²) in [7, 11) is 1.99. The molecule has 0 saturated carbocycles. The molecule has 1 aliphatic heterocycles. The Morgan fingerprint density at radius 3 is 3.06 bits per heavy atom. The van der Waals surface area contributed by atoms with E-state index in [-0.39, 0.29) is 6.04 Å². The molecule has 0 radical (unpaired) electrons. The van der Waals surface area contributed by atoms with Crippen LogP contribution in [-0.2, 0) is 20.0 Å². The molecule has 0 aromatic carbocycles. The summed E-state index contributed by atoms with van der Waals surface area (Å²) in [5, 5.41) is 11.7. The molecule has 1 unspecified atom stereocenters. The number of nitrogens with one attached hydrogen (secondary N) is 2. The fourth-order valence-electron chi connectivity index (χ4n) is 2.08. The Balaban J connectivity index is 1.91. The van der Waals surface area contributed by atoms with E-state index < -0.39 is 0 Å². The van der Waals surface area contributed by atoms with Crippen LogP contribution in [0, 0.1) is 6.92 Å². The maximum absolute atomic E-state index is 4.32. The molecule has 1 aliphatic rings. The van der Waals surface area contributed by atoms with Crippen LogP contribution in [0.2, 0.25) is 0 Å². The van der Waals surface area contributed by atoms with E-state index in [1.165, 1.54) is 5.69 Å². The molecule has 3 rings (SSSR count). The summed E-state index contributed by atoms with van der Waals surface area (Å²) in [6.07, 6.45) is 2.61. The van der Waals surface area contributed by atoms with Crippen molar-refractivity contribution in [2.75, 3.05) is 0 Å². The van der Waals surface area contributed by atoms with E-state index in [4.69, 9.17) is 0 Å². The van der Waals surface area contributed by atoms with Crippen molar-refractivity contribution in [3.63, 3.8) is 0 Å². The number of imidazole rings is 1. The minimum atomic E-state index is 0.210. The lowest BCUT2D eigenvalue weighted by molar-refractivity contribution is 0.455. The molecule has 2 N–H and O–H groups in total. The van der Waals surface area contributed by atoms with Gasteiger partial charge in [-0.25, -0.2) is 4.98 Å². The molecule has 0 fully saturated rings. The molecule has 0 aliphatic carbocycles. The molecule has 3 heterocycles. The van der Waals surface area contributed by atoms with Gasteiger partial charge in [-0.2, -0.15) is 0 Å². The molecular weight excluding hydrogens is 204 g/mol. The zero-order chi connectivity index (χ0) is 11.1. The van der Waals surface area contributed by atoms with Crippen molar-refractivity contribution < 1.29 is 0 Å². The van der Waals surface area contributed by atoms with Crippen molar-refractivity contribution in [3.8, 4) is 0 Å². The van der Waals surface area contributed by atoms with Crippen LogP contribution in [-0.4, -0.2) is 24.7 Å². The van der Waals surface area contributed by atoms with Crippen molar-refractivity contribution in [1.82, 2.24) is 30.0 Å². The van der Waals surface area contributed by atoms with E-state index in [0.29, 0.717) is 0 Å². The first-order chi connectivity index (χ1) is 7.75. The minimum absolute atomic E-state index is 0.210. The monoisotopic (exact) mass is 218 g/mol. The highest BCUT2D eigenvalue weighted by atomic mass is 15.3. The molecule has 84 valence electrons. The molecule has 0 saturated heterocycles. The number of hydrogen-bond acceptors (Lipinski definition) is 4. The summed E-state index contributed by atoms with van der Waals surface area (Å²) >= 11 is 0. The first-order valence-corrected chi connectivity index (χ1v) is 5.36. The molecule has 0 bridgehead atoms. The highest BCUT2D eigenvalue weighted by molar-refractivity contribution is 5.18. The Bertz CT molecular complexity index is 511. The highest BCUT2D eigenvalue weighted by Crippen LogP contribution is 2.22. The Labute approximate surface area is 93.1 Å². The first kappa shape index (κ1) is 9.53. The Morgan fingerprint density at radius 1 is 1.44 bits per heavy atom. The third-order valence-corrected chi connectivity index (χ3v) is 3.17. The zero-order valence-corrected chi connectivity index (χ0v) is 9.36. The molecule has 0 amide bonds. The third kappa shape index (κ3) is 1.34. The lowest BCUT2D eigenvalue weighted by Crippen LogP contribution is -2.30. The summed E-state index contributed by atoms with van der Waals surface area (Å²) < 4.78 is 2.02. The van der Waals surface area contributed by atoms with Crippen molar-refractivity contribution in [2.24, 2.45) is 7.05 Å². The molecule has 16 heavy (non-hydrogen) atoms. The van der Waals surface area contributed by atoms with Gasteiger partial charge in [0, 0.05) is 20.0 Å². The van der Waals surface area contributed by atoms with Gasteiger partial charge in [-0.05, 0) is 6.92 Å². The van der Waals surface area contributed by atoms with Crippen molar-refractivity contribution in [2.45, 2.75) is 25.9 Å². The lowest BCUT2D eigenvalue weighted by atomic mass is 10.1. The normalized spacial score (nSPS) is 19.8. The van der Waals surface area contributed by atoms with Crippen molar-refractivity contribution in [1.29, 1.82) is 0 Å². The van der Waals surface area contributed by atoms with E-state index in [9.17, 15) is 0 Å². The van der Waals surface area contributed by atoms with Gasteiger partial charge in [-0.3, -0.25) is 0 Å². The summed E-state index contributed by atoms with van der Waals surface area (Å²) in [6, 6.07) is 0.210. The number of aromatic nitrogens is 5. The van der Waals surface area contributed by atoms with E-state index >= 15 is 0 Å². The Hall–Kier alpha value is -1.69. The van der Waals surface area contributed by atoms with Crippen LogP contribution < -0.4 is 5.32 Å². The number of aromatic amines is 1. The smallest absolute Gasteiger partial charge is 0.150 e. The molecule has 0 spiro atoms. The standard InChI is InChI=1S/C10H14N6/c1-6-14-15-10(16(6)2)8-3-7-9(4-11-8)13-5-12-7/h5,8,11H,3-4H2,1-2H3,(H,12,13). The van der Waals surface area contributed by atoms with Gasteiger partial charge in [-0.1, -0.05) is 0 Å². The maximum Gasteiger partial charge on any atom is 0.150 e. The number of H-pyrrole nitrogens is 1. The van der Waals surface area contributed by atoms with Gasteiger partial charge < -0.3 is 14.9 Å². The highest BCUT2D eigenvalue weighted by Gasteiger charge is 2.25. The average molecular weight is 218 g/mol. The van der Waals surface area contributed by atoms with Gasteiger partial charge in [-0.15, -0.1) is 10.2 Å². The first-order valence-electron chi connectivity index (χ1n) is 5.36. The van der Waals surface area contributed by atoms with E-state index in [1.807, 2.05) is 18.5 Å². The Kier molecular flexibility index (Phi) is 2.03. The van der Waals surface area contributed by atoms with Gasteiger partial charge >= 0.3 is 0 Å². The molecule has 1 atom stereocenters. The van der Waals surface area contributed by atoms with Crippen LogP contribution in [0.5, 0.6) is 0 Å². The minimum Gasteiger partial charge on any atom is -0.347 e. The van der Waals surface area contributed by atoms with Crippen molar-refractivity contribution >= 4 is 0 Å². The van der Waals surface area contributed by atoms with E-state index in [2.05, 4.69) is 25.5 Å². The number of rotatable bonds is 1. The second-order valence-electron chi connectivity index (χ2n) is 4.13. The number of aryl methyl sites for hydroxylation is 1. The summed E-state index contributed by atoms with van der Waals surface area (Å²) in [5.41, 5.74) is 2.31. The second-order valence-corrected chi connectivity index (χ2v) is 4.13. The number of hydrogen-bond donors (Lipinski definition) is 2. The second kappa shape index (κ2) is 3.41. The Morgan fingerprint density at radius 2 is 2.31 bits per heavy atom. The van der Waals surface area contributed by atoms with E-state index in [1.54, 1.807) is 6.33 Å². The van der Waals surface area contributed by atoms with Crippen LogP contribution in [0.15, 0.2) is 6.33 Å². The van der Waals surface area contributed by atoms with Crippen LogP contribution in [0.3, 0.4) is 0 Å². The number of fused-ring (bicyclic) bond motifs is 1. The van der Waals surface area contributed by atoms with Crippen LogP contribution in [0.25, 0.3) is 0 Å². The predicted octanol–water partition coefficient (Wildman–Crippen LogP) is 0.234. The van der Waals surface area contributed by atoms with E-state index in [0.717, 1.165) is 30.3 Å². The summed E-state index contributed by atoms with van der Waals surface area (Å²) in [5.74, 6) is 1.91. The summed E-state index contributed by atoms with van der Waals surface area (Å²) in [4.78, 5) is 7.45. The van der Waals surface area contributed by atoms with Gasteiger partial charge in [0.15, 0.2) is 0 Å². The topological polar surface area (TPSA) is 71.4 Å². The van der Waals surface area contributed by atoms with Crippen LogP contribution in [0.4, 0.5) is 0 Å². The predicted molar refractivity (Wildman–Crippen MR) is 57.6 cm³/mol. The molecule has 6 heteroatoms. The quantitative estimate of drug-likeness (QED) is 0.719.